The van der Waals surface area contributed by atoms with Crippen LogP contribution in [0.4, 0.5) is 5.69 Å². The van der Waals surface area contributed by atoms with E-state index < -0.39 is 6.10 Å². The Bertz CT molecular complexity index is 397. The number of hydrogen-bond acceptors (Lipinski definition) is 2. The highest BCUT2D eigenvalue weighted by atomic mass is 79.9. The quantitative estimate of drug-likeness (QED) is 0.907. The summed E-state index contributed by atoms with van der Waals surface area (Å²) in [5, 5.41) is 9.58. The van der Waals surface area contributed by atoms with Gasteiger partial charge in [0.1, 0.15) is 0 Å². The normalized spacial score (nSPS) is 19.0. The van der Waals surface area contributed by atoms with Gasteiger partial charge in [0.25, 0.3) is 0 Å². The molecule has 0 aromatic heterocycles. The van der Waals surface area contributed by atoms with E-state index in [9.17, 15) is 5.11 Å². The fourth-order valence-electron chi connectivity index (χ4n) is 2.62. The average molecular weight is 312 g/mol. The van der Waals surface area contributed by atoms with Gasteiger partial charge in [-0.1, -0.05) is 19.4 Å². The second-order valence-electron chi connectivity index (χ2n) is 5.23. The van der Waals surface area contributed by atoms with Gasteiger partial charge in [0.05, 0.1) is 11.8 Å². The minimum Gasteiger partial charge on any atom is -0.389 e. The zero-order valence-corrected chi connectivity index (χ0v) is 12.8. The van der Waals surface area contributed by atoms with Crippen LogP contribution in [0.5, 0.6) is 0 Å². The Labute approximate surface area is 118 Å². The first kappa shape index (κ1) is 13.9. The van der Waals surface area contributed by atoms with Gasteiger partial charge in [0, 0.05) is 17.6 Å². The van der Waals surface area contributed by atoms with Crippen LogP contribution in [0.25, 0.3) is 0 Å². The minimum atomic E-state index is -0.402. The number of hydrogen-bond donors (Lipinski definition) is 1. The third-order valence-electron chi connectivity index (χ3n) is 3.99. The standard InChI is InChI=1S/C15H22BrNO/c1-3-12-6-8-17(9-7-12)15-5-4-13(11(2)18)10-14(15)16/h4-5,10-12,18H,3,6-9H2,1-2H3/t11-/m0/s1. The van der Waals surface area contributed by atoms with E-state index in [0.717, 1.165) is 29.0 Å². The summed E-state index contributed by atoms with van der Waals surface area (Å²) in [5.74, 6) is 0.900. The van der Waals surface area contributed by atoms with Crippen LogP contribution in [0, 0.1) is 5.92 Å². The number of halogens is 1. The molecule has 0 aliphatic carbocycles. The van der Waals surface area contributed by atoms with Crippen molar-refractivity contribution in [1.29, 1.82) is 0 Å². The molecule has 2 rings (SSSR count). The van der Waals surface area contributed by atoms with E-state index >= 15 is 0 Å². The van der Waals surface area contributed by atoms with E-state index in [0.29, 0.717) is 0 Å². The van der Waals surface area contributed by atoms with Crippen LogP contribution >= 0.6 is 15.9 Å². The van der Waals surface area contributed by atoms with Crippen LogP contribution in [0.2, 0.25) is 0 Å². The fourth-order valence-corrected chi connectivity index (χ4v) is 3.27. The Morgan fingerprint density at radius 3 is 2.56 bits per heavy atom. The predicted octanol–water partition coefficient (Wildman–Crippen LogP) is 4.13. The van der Waals surface area contributed by atoms with Gasteiger partial charge in [0.2, 0.25) is 0 Å². The lowest BCUT2D eigenvalue weighted by atomic mass is 9.94. The van der Waals surface area contributed by atoms with Crippen molar-refractivity contribution in [3.63, 3.8) is 0 Å². The molecular weight excluding hydrogens is 290 g/mol. The van der Waals surface area contributed by atoms with Crippen LogP contribution in [0.3, 0.4) is 0 Å². The lowest BCUT2D eigenvalue weighted by Gasteiger charge is -2.34. The van der Waals surface area contributed by atoms with Crippen molar-refractivity contribution in [2.24, 2.45) is 5.92 Å². The minimum absolute atomic E-state index is 0.402. The molecule has 1 fully saturated rings. The Morgan fingerprint density at radius 2 is 2.06 bits per heavy atom. The molecule has 1 heterocycles. The van der Waals surface area contributed by atoms with Gasteiger partial charge in [-0.25, -0.2) is 0 Å². The van der Waals surface area contributed by atoms with Crippen molar-refractivity contribution in [2.45, 2.75) is 39.2 Å². The molecular formula is C15H22BrNO. The van der Waals surface area contributed by atoms with Crippen molar-refractivity contribution in [2.75, 3.05) is 18.0 Å². The fraction of sp³-hybridized carbons (Fsp3) is 0.600. The SMILES string of the molecule is CCC1CCN(c2ccc([C@H](C)O)cc2Br)CC1. The van der Waals surface area contributed by atoms with Crippen LogP contribution in [-0.4, -0.2) is 18.2 Å². The molecule has 3 heteroatoms. The van der Waals surface area contributed by atoms with Crippen LogP contribution in [0.1, 0.15) is 44.8 Å². The number of benzene rings is 1. The van der Waals surface area contributed by atoms with Gasteiger partial charge >= 0.3 is 0 Å². The van der Waals surface area contributed by atoms with Gasteiger partial charge in [-0.2, -0.15) is 0 Å². The Kier molecular flexibility index (Phi) is 4.68. The summed E-state index contributed by atoms with van der Waals surface area (Å²) < 4.78 is 1.09. The Morgan fingerprint density at radius 1 is 1.39 bits per heavy atom. The third-order valence-corrected chi connectivity index (χ3v) is 4.62. The Balaban J connectivity index is 2.10. The van der Waals surface area contributed by atoms with Crippen molar-refractivity contribution < 1.29 is 5.11 Å². The number of piperidine rings is 1. The zero-order chi connectivity index (χ0) is 13.1. The summed E-state index contributed by atoms with van der Waals surface area (Å²) in [6, 6.07) is 6.18. The summed E-state index contributed by atoms with van der Waals surface area (Å²) >= 11 is 3.63. The largest absolute Gasteiger partial charge is 0.389 e. The first-order valence-electron chi connectivity index (χ1n) is 6.84. The van der Waals surface area contributed by atoms with E-state index in [1.807, 2.05) is 12.1 Å². The molecule has 1 aromatic rings. The second kappa shape index (κ2) is 6.07. The van der Waals surface area contributed by atoms with Crippen LogP contribution in [-0.2, 0) is 0 Å². The molecule has 0 spiro atoms. The third kappa shape index (κ3) is 3.07. The van der Waals surface area contributed by atoms with Crippen molar-refractivity contribution in [3.05, 3.63) is 28.2 Å². The second-order valence-corrected chi connectivity index (χ2v) is 6.08. The number of aliphatic hydroxyl groups is 1. The molecule has 18 heavy (non-hydrogen) atoms. The Hall–Kier alpha value is -0.540. The molecule has 1 saturated heterocycles. The first-order valence-corrected chi connectivity index (χ1v) is 7.63. The van der Waals surface area contributed by atoms with Gasteiger partial charge in [-0.15, -0.1) is 0 Å². The van der Waals surface area contributed by atoms with Gasteiger partial charge in [-0.3, -0.25) is 0 Å². The summed E-state index contributed by atoms with van der Waals surface area (Å²) in [6.07, 6.45) is 3.49. The molecule has 0 bridgehead atoms. The molecule has 1 N–H and O–H groups in total. The highest BCUT2D eigenvalue weighted by Crippen LogP contribution is 2.32. The summed E-state index contributed by atoms with van der Waals surface area (Å²) in [7, 11) is 0. The molecule has 0 saturated carbocycles. The van der Waals surface area contributed by atoms with E-state index in [1.165, 1.54) is 24.9 Å². The highest BCUT2D eigenvalue weighted by molar-refractivity contribution is 9.10. The van der Waals surface area contributed by atoms with Crippen LogP contribution < -0.4 is 4.90 Å². The lowest BCUT2D eigenvalue weighted by molar-refractivity contribution is 0.199. The van der Waals surface area contributed by atoms with Crippen molar-refractivity contribution >= 4 is 21.6 Å². The molecule has 1 atom stereocenters. The lowest BCUT2D eigenvalue weighted by Crippen LogP contribution is -2.33. The summed E-state index contributed by atoms with van der Waals surface area (Å²) in [4.78, 5) is 2.45. The molecule has 0 radical (unpaired) electrons. The maximum absolute atomic E-state index is 9.58. The highest BCUT2D eigenvalue weighted by Gasteiger charge is 2.19. The maximum atomic E-state index is 9.58. The molecule has 1 aliphatic heterocycles. The monoisotopic (exact) mass is 311 g/mol. The average Bonchev–Trinajstić information content (AvgIpc) is 2.38. The predicted molar refractivity (Wildman–Crippen MR) is 80.0 cm³/mol. The van der Waals surface area contributed by atoms with E-state index in [2.05, 4.69) is 33.8 Å². The molecule has 1 aromatic carbocycles. The van der Waals surface area contributed by atoms with Gasteiger partial charge in [-0.05, 0) is 59.3 Å². The molecule has 1 aliphatic rings. The van der Waals surface area contributed by atoms with Crippen molar-refractivity contribution in [1.82, 2.24) is 0 Å². The van der Waals surface area contributed by atoms with Gasteiger partial charge < -0.3 is 10.0 Å². The maximum Gasteiger partial charge on any atom is 0.0762 e. The summed E-state index contributed by atoms with van der Waals surface area (Å²) in [5.41, 5.74) is 2.23. The first-order chi connectivity index (χ1) is 8.61. The zero-order valence-electron chi connectivity index (χ0n) is 11.2. The van der Waals surface area contributed by atoms with E-state index in [-0.39, 0.29) is 0 Å². The van der Waals surface area contributed by atoms with E-state index in [4.69, 9.17) is 0 Å². The topological polar surface area (TPSA) is 23.5 Å². The molecule has 0 unspecified atom stereocenters. The number of aliphatic hydroxyl groups excluding tert-OH is 1. The number of anilines is 1. The number of nitrogens with zero attached hydrogens (tertiary/aromatic N) is 1. The van der Waals surface area contributed by atoms with Crippen LogP contribution in [0.15, 0.2) is 22.7 Å². The van der Waals surface area contributed by atoms with Gasteiger partial charge in [0.15, 0.2) is 0 Å². The summed E-state index contributed by atoms with van der Waals surface area (Å²) in [6.45, 7) is 6.37. The number of rotatable bonds is 3. The molecule has 0 amide bonds. The smallest absolute Gasteiger partial charge is 0.0762 e. The van der Waals surface area contributed by atoms with Crippen molar-refractivity contribution in [3.8, 4) is 0 Å². The molecule has 2 nitrogen and oxygen atoms in total. The molecule has 100 valence electrons. The van der Waals surface area contributed by atoms with E-state index in [1.54, 1.807) is 6.92 Å².